The van der Waals surface area contributed by atoms with Crippen molar-refractivity contribution in [2.45, 2.75) is 84.2 Å². The maximum absolute atomic E-state index is 12.2. The lowest BCUT2D eigenvalue weighted by molar-refractivity contribution is -0.167. The number of rotatable bonds is 14. The molecule has 0 aromatic heterocycles. The van der Waals surface area contributed by atoms with E-state index in [2.05, 4.69) is 6.92 Å². The molecule has 0 aliphatic heterocycles. The summed E-state index contributed by atoms with van der Waals surface area (Å²) in [5.41, 5.74) is 0.635. The Kier molecular flexibility index (Phi) is 12.2. The zero-order valence-corrected chi connectivity index (χ0v) is 16.4. The van der Waals surface area contributed by atoms with Crippen LogP contribution in [0.1, 0.15) is 89.7 Å². The smallest absolute Gasteiger partial charge is 0.352 e. The zero-order valence-electron chi connectivity index (χ0n) is 16.4. The Labute approximate surface area is 158 Å². The van der Waals surface area contributed by atoms with Crippen molar-refractivity contribution < 1.29 is 19.1 Å². The number of esters is 2. The first kappa shape index (κ1) is 22.2. The molecule has 0 heterocycles. The molecule has 4 nitrogen and oxygen atoms in total. The van der Waals surface area contributed by atoms with E-state index in [0.29, 0.717) is 12.2 Å². The van der Waals surface area contributed by atoms with E-state index in [1.165, 1.54) is 58.3 Å². The van der Waals surface area contributed by atoms with Crippen LogP contribution in [0, 0.1) is 0 Å². The quantitative estimate of drug-likeness (QED) is 0.312. The fourth-order valence-corrected chi connectivity index (χ4v) is 2.88. The second kappa shape index (κ2) is 14.3. The van der Waals surface area contributed by atoms with Crippen molar-refractivity contribution in [2.75, 3.05) is 6.61 Å². The third-order valence-corrected chi connectivity index (χ3v) is 4.34. The number of ether oxygens (including phenoxy) is 2. The molecule has 4 heteroatoms. The van der Waals surface area contributed by atoms with Gasteiger partial charge >= 0.3 is 11.9 Å². The molecule has 146 valence electrons. The molecule has 0 saturated carbocycles. The molecule has 0 aliphatic rings. The van der Waals surface area contributed by atoms with Gasteiger partial charge in [-0.25, -0.2) is 4.79 Å². The van der Waals surface area contributed by atoms with Crippen molar-refractivity contribution in [2.24, 2.45) is 0 Å². The van der Waals surface area contributed by atoms with Crippen LogP contribution in [-0.2, 0) is 19.1 Å². The highest BCUT2D eigenvalue weighted by Crippen LogP contribution is 2.19. The van der Waals surface area contributed by atoms with Crippen molar-refractivity contribution in [1.82, 2.24) is 0 Å². The highest BCUT2D eigenvalue weighted by molar-refractivity contribution is 5.80. The summed E-state index contributed by atoms with van der Waals surface area (Å²) >= 11 is 0. The Morgan fingerprint density at radius 2 is 1.38 bits per heavy atom. The molecule has 0 amide bonds. The van der Waals surface area contributed by atoms with Crippen LogP contribution < -0.4 is 0 Å². The molecule has 0 spiro atoms. The van der Waals surface area contributed by atoms with Crippen molar-refractivity contribution >= 4 is 11.9 Å². The maximum atomic E-state index is 12.2. The molecule has 1 aromatic carbocycles. The molecule has 1 aromatic rings. The second-order valence-electron chi connectivity index (χ2n) is 6.75. The summed E-state index contributed by atoms with van der Waals surface area (Å²) in [5.74, 6) is -0.989. The van der Waals surface area contributed by atoms with Crippen LogP contribution in [-0.4, -0.2) is 18.5 Å². The maximum Gasteiger partial charge on any atom is 0.352 e. The average Bonchev–Trinajstić information content (AvgIpc) is 2.64. The summed E-state index contributed by atoms with van der Waals surface area (Å²) in [6, 6.07) is 8.98. The minimum absolute atomic E-state index is 0.375. The fraction of sp³-hybridized carbons (Fsp3) is 0.636. The Hall–Kier alpha value is -1.84. The van der Waals surface area contributed by atoms with Gasteiger partial charge in [0.2, 0.25) is 6.10 Å². The van der Waals surface area contributed by atoms with Gasteiger partial charge in [-0.05, 0) is 6.42 Å². The summed E-state index contributed by atoms with van der Waals surface area (Å²) in [6.45, 7) is 3.91. The van der Waals surface area contributed by atoms with Crippen molar-refractivity contribution in [1.29, 1.82) is 0 Å². The number of hydrogen-bond acceptors (Lipinski definition) is 4. The summed E-state index contributed by atoms with van der Waals surface area (Å²) in [6.07, 6.45) is 11.3. The van der Waals surface area contributed by atoms with Crippen LogP contribution >= 0.6 is 0 Å². The predicted octanol–water partition coefficient (Wildman–Crippen LogP) is 5.75. The molecule has 26 heavy (non-hydrogen) atoms. The first-order chi connectivity index (χ1) is 12.6. The molecule has 0 saturated heterocycles. The van der Waals surface area contributed by atoms with E-state index in [1.807, 2.05) is 6.07 Å². The summed E-state index contributed by atoms with van der Waals surface area (Å²) < 4.78 is 10.5. The van der Waals surface area contributed by atoms with Gasteiger partial charge in [0.15, 0.2) is 0 Å². The standard InChI is InChI=1S/C22H34O4/c1-3-4-5-6-7-8-9-10-11-15-18-25-22(24)21(26-19(2)23)20-16-13-12-14-17-20/h12-14,16-17,21H,3-11,15,18H2,1-2H3/t21-/m0/s1. The molecule has 1 rings (SSSR count). The molecule has 1 atom stereocenters. The average molecular weight is 363 g/mol. The van der Waals surface area contributed by atoms with E-state index in [0.717, 1.165) is 12.8 Å². The topological polar surface area (TPSA) is 52.6 Å². The van der Waals surface area contributed by atoms with Crippen molar-refractivity contribution in [3.8, 4) is 0 Å². The van der Waals surface area contributed by atoms with Crippen LogP contribution in [0.3, 0.4) is 0 Å². The Morgan fingerprint density at radius 3 is 1.92 bits per heavy atom. The third-order valence-electron chi connectivity index (χ3n) is 4.34. The molecule has 0 N–H and O–H groups in total. The largest absolute Gasteiger partial charge is 0.463 e. The van der Waals surface area contributed by atoms with Gasteiger partial charge in [-0.1, -0.05) is 95.0 Å². The molecular formula is C22H34O4. The molecule has 0 radical (unpaired) electrons. The van der Waals surface area contributed by atoms with Gasteiger partial charge in [0.1, 0.15) is 0 Å². The summed E-state index contributed by atoms with van der Waals surface area (Å²) in [7, 11) is 0. The zero-order chi connectivity index (χ0) is 19.0. The van der Waals surface area contributed by atoms with Crippen molar-refractivity contribution in [3.05, 3.63) is 35.9 Å². The van der Waals surface area contributed by atoms with Crippen molar-refractivity contribution in [3.63, 3.8) is 0 Å². The molecule has 0 fully saturated rings. The minimum Gasteiger partial charge on any atom is -0.463 e. The normalized spacial score (nSPS) is 11.8. The Balaban J connectivity index is 2.16. The first-order valence-corrected chi connectivity index (χ1v) is 10.0. The van der Waals surface area contributed by atoms with E-state index in [4.69, 9.17) is 9.47 Å². The van der Waals surface area contributed by atoms with Crippen LogP contribution in [0.2, 0.25) is 0 Å². The highest BCUT2D eigenvalue weighted by Gasteiger charge is 2.25. The minimum atomic E-state index is -0.975. The van der Waals surface area contributed by atoms with Gasteiger partial charge in [-0.15, -0.1) is 0 Å². The number of hydrogen-bond donors (Lipinski definition) is 0. The number of carbonyl (C=O) groups is 2. The van der Waals surface area contributed by atoms with Crippen LogP contribution in [0.4, 0.5) is 0 Å². The Morgan fingerprint density at radius 1 is 0.846 bits per heavy atom. The lowest BCUT2D eigenvalue weighted by atomic mass is 10.1. The van der Waals surface area contributed by atoms with Crippen LogP contribution in [0.5, 0.6) is 0 Å². The highest BCUT2D eigenvalue weighted by atomic mass is 16.6. The SMILES string of the molecule is CCCCCCCCCCCCOC(=O)[C@@H](OC(C)=O)c1ccccc1. The van der Waals surface area contributed by atoms with E-state index in [9.17, 15) is 9.59 Å². The van der Waals surface area contributed by atoms with Gasteiger partial charge in [-0.3, -0.25) is 4.79 Å². The number of unbranched alkanes of at least 4 members (excludes halogenated alkanes) is 9. The van der Waals surface area contributed by atoms with E-state index >= 15 is 0 Å². The van der Waals surface area contributed by atoms with Gasteiger partial charge in [0.25, 0.3) is 0 Å². The lowest BCUT2D eigenvalue weighted by Gasteiger charge is -2.16. The van der Waals surface area contributed by atoms with Crippen LogP contribution in [0.25, 0.3) is 0 Å². The number of benzene rings is 1. The van der Waals surface area contributed by atoms with E-state index < -0.39 is 18.0 Å². The van der Waals surface area contributed by atoms with Gasteiger partial charge in [-0.2, -0.15) is 0 Å². The van der Waals surface area contributed by atoms with Crippen LogP contribution in [0.15, 0.2) is 30.3 Å². The lowest BCUT2D eigenvalue weighted by Crippen LogP contribution is -2.21. The molecule has 0 bridgehead atoms. The van der Waals surface area contributed by atoms with Gasteiger partial charge in [0, 0.05) is 12.5 Å². The van der Waals surface area contributed by atoms with Gasteiger partial charge in [0.05, 0.1) is 6.61 Å². The summed E-state index contributed by atoms with van der Waals surface area (Å²) in [5, 5.41) is 0. The molecular weight excluding hydrogens is 328 g/mol. The van der Waals surface area contributed by atoms with Gasteiger partial charge < -0.3 is 9.47 Å². The summed E-state index contributed by atoms with van der Waals surface area (Å²) in [4.78, 5) is 23.5. The number of carbonyl (C=O) groups excluding carboxylic acids is 2. The first-order valence-electron chi connectivity index (χ1n) is 10.0. The molecule has 0 aliphatic carbocycles. The van der Waals surface area contributed by atoms with E-state index in [-0.39, 0.29) is 0 Å². The predicted molar refractivity (Wildman–Crippen MR) is 104 cm³/mol. The molecule has 0 unspecified atom stereocenters. The fourth-order valence-electron chi connectivity index (χ4n) is 2.88. The van der Waals surface area contributed by atoms with E-state index in [1.54, 1.807) is 24.3 Å². The second-order valence-corrected chi connectivity index (χ2v) is 6.75. The third kappa shape index (κ3) is 10.2. The monoisotopic (exact) mass is 362 g/mol. The Bertz CT molecular complexity index is 498.